The highest BCUT2D eigenvalue weighted by molar-refractivity contribution is 6.29. The van der Waals surface area contributed by atoms with Gasteiger partial charge in [0.05, 0.1) is 12.1 Å². The molecular weight excluding hydrogens is 416 g/mol. The van der Waals surface area contributed by atoms with E-state index in [2.05, 4.69) is 20.2 Å². The van der Waals surface area contributed by atoms with Gasteiger partial charge in [-0.1, -0.05) is 47.1 Å². The van der Waals surface area contributed by atoms with E-state index in [4.69, 9.17) is 16.1 Å². The van der Waals surface area contributed by atoms with Crippen LogP contribution in [0.3, 0.4) is 0 Å². The highest BCUT2D eigenvalue weighted by atomic mass is 35.5. The predicted molar refractivity (Wildman–Crippen MR) is 113 cm³/mol. The smallest absolute Gasteiger partial charge is 0.278 e. The summed E-state index contributed by atoms with van der Waals surface area (Å²) in [6, 6.07) is 13.3. The van der Waals surface area contributed by atoms with Gasteiger partial charge in [-0.2, -0.15) is 10.1 Å². The maximum Gasteiger partial charge on any atom is 0.278 e. The third-order valence-corrected chi connectivity index (χ3v) is 5.60. The number of aryl methyl sites for hydroxylation is 1. The molecule has 1 aromatic carbocycles. The quantitative estimate of drug-likeness (QED) is 0.458. The van der Waals surface area contributed by atoms with Gasteiger partial charge < -0.3 is 9.42 Å². The Morgan fingerprint density at radius 1 is 1.19 bits per heavy atom. The highest BCUT2D eigenvalue weighted by Gasteiger charge is 2.30. The van der Waals surface area contributed by atoms with E-state index in [0.717, 1.165) is 16.8 Å². The van der Waals surface area contributed by atoms with Gasteiger partial charge in [0.1, 0.15) is 5.15 Å². The van der Waals surface area contributed by atoms with Crippen LogP contribution in [0.25, 0.3) is 11.6 Å². The Hall–Kier alpha value is -3.52. The number of rotatable bonds is 4. The fourth-order valence-corrected chi connectivity index (χ4v) is 3.93. The molecule has 0 aliphatic carbocycles. The van der Waals surface area contributed by atoms with E-state index < -0.39 is 0 Å². The zero-order valence-electron chi connectivity index (χ0n) is 16.8. The highest BCUT2D eigenvalue weighted by Crippen LogP contribution is 2.29. The monoisotopic (exact) mass is 434 g/mol. The van der Waals surface area contributed by atoms with Crippen molar-refractivity contribution in [1.29, 1.82) is 0 Å². The second-order valence-electron chi connectivity index (χ2n) is 7.42. The standard InChI is InChI=1S/C22H19ClN6O2/c1-28-17-9-10-29(22(30)15-7-8-18(23)24-12-15)13-16(17)20(26-28)21-25-19(27-31-21)11-14-5-3-2-4-6-14/h2-8,12H,9-11,13H2,1H3. The van der Waals surface area contributed by atoms with Gasteiger partial charge >= 0.3 is 0 Å². The van der Waals surface area contributed by atoms with Gasteiger partial charge in [0.2, 0.25) is 0 Å². The van der Waals surface area contributed by atoms with Crippen molar-refractivity contribution in [3.63, 3.8) is 0 Å². The van der Waals surface area contributed by atoms with Gasteiger partial charge in [0, 0.05) is 43.9 Å². The van der Waals surface area contributed by atoms with Gasteiger partial charge in [-0.15, -0.1) is 0 Å². The molecule has 0 fully saturated rings. The van der Waals surface area contributed by atoms with E-state index in [9.17, 15) is 4.79 Å². The Kier molecular flexibility index (Phi) is 4.99. The van der Waals surface area contributed by atoms with Crippen molar-refractivity contribution in [2.24, 2.45) is 7.05 Å². The van der Waals surface area contributed by atoms with Crippen LogP contribution in [0.5, 0.6) is 0 Å². The van der Waals surface area contributed by atoms with Crippen LogP contribution < -0.4 is 0 Å². The second-order valence-corrected chi connectivity index (χ2v) is 7.81. The van der Waals surface area contributed by atoms with Crippen molar-refractivity contribution < 1.29 is 9.32 Å². The molecule has 4 heterocycles. The Bertz CT molecular complexity index is 1230. The first-order valence-corrected chi connectivity index (χ1v) is 10.3. The van der Waals surface area contributed by atoms with Crippen molar-refractivity contribution in [3.8, 4) is 11.6 Å². The maximum absolute atomic E-state index is 12.9. The summed E-state index contributed by atoms with van der Waals surface area (Å²) >= 11 is 5.84. The van der Waals surface area contributed by atoms with Crippen LogP contribution in [0.2, 0.25) is 5.15 Å². The van der Waals surface area contributed by atoms with Gasteiger partial charge in [-0.05, 0) is 17.7 Å². The van der Waals surface area contributed by atoms with Crippen molar-refractivity contribution >= 4 is 17.5 Å². The van der Waals surface area contributed by atoms with Gasteiger partial charge in [0.25, 0.3) is 11.8 Å². The third-order valence-electron chi connectivity index (χ3n) is 5.38. The number of amides is 1. The van der Waals surface area contributed by atoms with Crippen LogP contribution in [0, 0.1) is 0 Å². The molecule has 0 atom stereocenters. The first-order chi connectivity index (χ1) is 15.1. The molecule has 0 unspecified atom stereocenters. The molecule has 31 heavy (non-hydrogen) atoms. The summed E-state index contributed by atoms with van der Waals surface area (Å²) in [6.07, 6.45) is 2.77. The summed E-state index contributed by atoms with van der Waals surface area (Å²) in [6.45, 7) is 1.01. The van der Waals surface area contributed by atoms with Crippen LogP contribution >= 0.6 is 11.6 Å². The maximum atomic E-state index is 12.9. The van der Waals surface area contributed by atoms with E-state index in [1.807, 2.05) is 42.1 Å². The summed E-state index contributed by atoms with van der Waals surface area (Å²) < 4.78 is 7.36. The van der Waals surface area contributed by atoms with Gasteiger partial charge in [0.15, 0.2) is 11.5 Å². The van der Waals surface area contributed by atoms with Gasteiger partial charge in [-0.25, -0.2) is 4.98 Å². The molecule has 0 spiro atoms. The number of hydrogen-bond acceptors (Lipinski definition) is 6. The van der Waals surface area contributed by atoms with E-state index in [1.165, 1.54) is 6.20 Å². The molecular formula is C22H19ClN6O2. The largest absolute Gasteiger partial charge is 0.334 e. The molecule has 3 aromatic heterocycles. The molecule has 5 rings (SSSR count). The fourth-order valence-electron chi connectivity index (χ4n) is 3.82. The van der Waals surface area contributed by atoms with E-state index in [1.54, 1.807) is 17.0 Å². The fraction of sp³-hybridized carbons (Fsp3) is 0.227. The van der Waals surface area contributed by atoms with E-state index in [0.29, 0.717) is 54.1 Å². The van der Waals surface area contributed by atoms with Crippen LogP contribution in [-0.4, -0.2) is 42.3 Å². The molecule has 4 aromatic rings. The SMILES string of the molecule is Cn1nc(-c2nc(Cc3ccccc3)no2)c2c1CCN(C(=O)c1ccc(Cl)nc1)C2. The summed E-state index contributed by atoms with van der Waals surface area (Å²) in [7, 11) is 1.89. The van der Waals surface area contributed by atoms with Crippen molar-refractivity contribution in [3.05, 3.63) is 82.0 Å². The average molecular weight is 435 g/mol. The molecule has 0 bridgehead atoms. The number of fused-ring (bicyclic) bond motifs is 1. The summed E-state index contributed by atoms with van der Waals surface area (Å²) in [4.78, 5) is 23.3. The minimum Gasteiger partial charge on any atom is -0.334 e. The Morgan fingerprint density at radius 2 is 2.03 bits per heavy atom. The second kappa shape index (κ2) is 7.96. The lowest BCUT2D eigenvalue weighted by Crippen LogP contribution is -2.36. The topological polar surface area (TPSA) is 89.9 Å². The number of hydrogen-bond donors (Lipinski definition) is 0. The Labute approximate surface area is 183 Å². The molecule has 9 heteroatoms. The molecule has 8 nitrogen and oxygen atoms in total. The molecule has 0 radical (unpaired) electrons. The molecule has 0 saturated carbocycles. The molecule has 0 saturated heterocycles. The van der Waals surface area contributed by atoms with Crippen LogP contribution in [0.1, 0.15) is 33.0 Å². The molecule has 156 valence electrons. The predicted octanol–water partition coefficient (Wildman–Crippen LogP) is 3.31. The molecule has 1 aliphatic heterocycles. The first kappa shape index (κ1) is 19.4. The number of nitrogens with zero attached hydrogens (tertiary/aromatic N) is 6. The number of benzene rings is 1. The molecule has 1 aliphatic rings. The third kappa shape index (κ3) is 3.82. The van der Waals surface area contributed by atoms with Crippen molar-refractivity contribution in [1.82, 2.24) is 29.8 Å². The van der Waals surface area contributed by atoms with Gasteiger partial charge in [-0.3, -0.25) is 9.48 Å². The number of carbonyl (C=O) groups is 1. The molecule has 0 N–H and O–H groups in total. The van der Waals surface area contributed by atoms with Crippen LogP contribution in [-0.2, 0) is 26.4 Å². The minimum absolute atomic E-state index is 0.0973. The lowest BCUT2D eigenvalue weighted by atomic mass is 10.0. The number of carbonyl (C=O) groups excluding carboxylic acids is 1. The number of aromatic nitrogens is 5. The zero-order chi connectivity index (χ0) is 21.4. The number of pyridine rings is 1. The normalized spacial score (nSPS) is 13.3. The Morgan fingerprint density at radius 3 is 2.81 bits per heavy atom. The van der Waals surface area contributed by atoms with Crippen molar-refractivity contribution in [2.45, 2.75) is 19.4 Å². The lowest BCUT2D eigenvalue weighted by molar-refractivity contribution is 0.0733. The minimum atomic E-state index is -0.0973. The summed E-state index contributed by atoms with van der Waals surface area (Å²) in [5, 5.41) is 9.09. The molecule has 1 amide bonds. The average Bonchev–Trinajstić information content (AvgIpc) is 3.38. The Balaban J connectivity index is 1.41. The van der Waals surface area contributed by atoms with Crippen LogP contribution in [0.15, 0.2) is 53.2 Å². The number of halogens is 1. The zero-order valence-corrected chi connectivity index (χ0v) is 17.6. The lowest BCUT2D eigenvalue weighted by Gasteiger charge is -2.27. The summed E-state index contributed by atoms with van der Waals surface area (Å²) in [5.41, 5.74) is 4.22. The van der Waals surface area contributed by atoms with E-state index in [-0.39, 0.29) is 5.91 Å². The summed E-state index contributed by atoms with van der Waals surface area (Å²) in [5.74, 6) is 0.863. The van der Waals surface area contributed by atoms with E-state index >= 15 is 0 Å². The first-order valence-electron chi connectivity index (χ1n) is 9.91. The van der Waals surface area contributed by atoms with Crippen molar-refractivity contribution in [2.75, 3.05) is 6.54 Å². The van der Waals surface area contributed by atoms with Crippen LogP contribution in [0.4, 0.5) is 0 Å².